The monoisotopic (exact) mass is 585 g/mol. The number of aromatic nitrogens is 1. The van der Waals surface area contributed by atoms with Gasteiger partial charge in [-0.3, -0.25) is 23.7 Å². The van der Waals surface area contributed by atoms with Gasteiger partial charge in [-0.25, -0.2) is 14.4 Å². The predicted molar refractivity (Wildman–Crippen MR) is 151 cm³/mol. The van der Waals surface area contributed by atoms with Gasteiger partial charge in [-0.15, -0.1) is 23.1 Å². The van der Waals surface area contributed by atoms with Gasteiger partial charge >= 0.3 is 13.7 Å². The molecule has 0 saturated carbocycles. The van der Waals surface area contributed by atoms with Gasteiger partial charge in [0.05, 0.1) is 23.6 Å². The molecule has 2 unspecified atom stereocenters. The summed E-state index contributed by atoms with van der Waals surface area (Å²) in [7, 11) is -3.70. The Balaban J connectivity index is 1.48. The maximum atomic E-state index is 14.0. The Bertz CT molecular complexity index is 1340. The number of rotatable bonds is 11. The number of carbonyl (C=O) groups is 2. The van der Waals surface area contributed by atoms with E-state index in [-0.39, 0.29) is 18.9 Å². The Kier molecular flexibility index (Phi) is 8.66. The fourth-order valence-electron chi connectivity index (χ4n) is 4.52. The molecule has 0 radical (unpaired) electrons. The normalized spacial score (nSPS) is 19.2. The van der Waals surface area contributed by atoms with E-state index in [0.717, 1.165) is 16.0 Å². The molecule has 0 bridgehead atoms. The van der Waals surface area contributed by atoms with Gasteiger partial charge in [0.25, 0.3) is 0 Å². The Morgan fingerprint density at radius 1 is 1.08 bits per heavy atom. The summed E-state index contributed by atoms with van der Waals surface area (Å²) in [6, 6.07) is 18.1. The van der Waals surface area contributed by atoms with Gasteiger partial charge in [-0.1, -0.05) is 60.7 Å². The van der Waals surface area contributed by atoms with Gasteiger partial charge in [0.15, 0.2) is 6.10 Å². The van der Waals surface area contributed by atoms with Crippen LogP contribution in [0.5, 0.6) is 0 Å². The Morgan fingerprint density at radius 2 is 1.69 bits per heavy atom. The van der Waals surface area contributed by atoms with Crippen LogP contribution in [0, 0.1) is 0 Å². The molecule has 9 nitrogen and oxygen atoms in total. The highest BCUT2D eigenvalue weighted by atomic mass is 32.2. The molecule has 204 valence electrons. The molecule has 3 aromatic rings. The van der Waals surface area contributed by atoms with Crippen LogP contribution in [-0.2, 0) is 27.9 Å². The molecular weight excluding hydrogens is 557 g/mol. The van der Waals surface area contributed by atoms with Crippen molar-refractivity contribution in [2.24, 2.45) is 0 Å². The molecule has 39 heavy (non-hydrogen) atoms. The van der Waals surface area contributed by atoms with E-state index in [1.807, 2.05) is 60.7 Å². The number of nitrogens with zero attached hydrogens (tertiary/aromatic N) is 2. The van der Waals surface area contributed by atoms with Crippen LogP contribution in [0.15, 0.2) is 78.1 Å². The number of hydrogen-bond acceptors (Lipinski definition) is 9. The number of carbonyl (C=O) groups excluding carboxylic acids is 2. The first-order valence-corrected chi connectivity index (χ1v) is 16.0. The van der Waals surface area contributed by atoms with Crippen molar-refractivity contribution in [3.05, 3.63) is 94.1 Å². The smallest absolute Gasteiger partial charge is 0.406 e. The van der Waals surface area contributed by atoms with Gasteiger partial charge in [0, 0.05) is 17.5 Å². The number of amides is 1. The second-order valence-electron chi connectivity index (χ2n) is 8.65. The van der Waals surface area contributed by atoms with Crippen molar-refractivity contribution in [3.8, 4) is 0 Å². The summed E-state index contributed by atoms with van der Waals surface area (Å²) in [6.07, 6.45) is 1.00. The van der Waals surface area contributed by atoms with E-state index in [4.69, 9.17) is 13.8 Å². The number of fused-ring (bicyclic) bond motifs is 1. The quantitative estimate of drug-likeness (QED) is 0.184. The average Bonchev–Trinajstić information content (AvgIpc) is 3.50. The molecule has 1 fully saturated rings. The van der Waals surface area contributed by atoms with Gasteiger partial charge in [0.2, 0.25) is 5.91 Å². The summed E-state index contributed by atoms with van der Waals surface area (Å²) < 4.78 is 30.0. The van der Waals surface area contributed by atoms with Crippen LogP contribution >= 0.6 is 30.8 Å². The zero-order valence-electron chi connectivity index (χ0n) is 21.4. The molecule has 1 amide bonds. The third-order valence-electron chi connectivity index (χ3n) is 6.22. The number of thiazole rings is 1. The molecule has 0 spiro atoms. The lowest BCUT2D eigenvalue weighted by molar-refractivity contribution is -0.153. The third-order valence-corrected chi connectivity index (χ3v) is 10.1. The third kappa shape index (κ3) is 5.75. The topological polar surface area (TPSA) is 107 Å². The molecule has 2 aromatic carbocycles. The SMILES string of the molecule is CCOP(=O)(NC1C(=O)N2C(C(=O)OC(c3ccccc3)c3ccccc3)=C(c3cncs3)CSC12)OCC. The summed E-state index contributed by atoms with van der Waals surface area (Å²) in [4.78, 5) is 33.9. The number of thioether (sulfide) groups is 1. The van der Waals surface area contributed by atoms with Gasteiger partial charge in [-0.2, -0.15) is 0 Å². The van der Waals surface area contributed by atoms with Crippen LogP contribution < -0.4 is 5.09 Å². The lowest BCUT2D eigenvalue weighted by Crippen LogP contribution is -2.69. The van der Waals surface area contributed by atoms with E-state index in [1.165, 1.54) is 28.0 Å². The van der Waals surface area contributed by atoms with E-state index in [2.05, 4.69) is 10.1 Å². The first-order valence-electron chi connectivity index (χ1n) is 12.5. The molecule has 2 aliphatic rings. The van der Waals surface area contributed by atoms with Crippen LogP contribution in [0.2, 0.25) is 0 Å². The van der Waals surface area contributed by atoms with E-state index < -0.39 is 37.1 Å². The number of β-lactam (4-membered cyclic amide) rings is 1. The van der Waals surface area contributed by atoms with Crippen molar-refractivity contribution < 1.29 is 27.9 Å². The van der Waals surface area contributed by atoms with Gasteiger partial charge in [-0.05, 0) is 25.0 Å². The minimum absolute atomic E-state index is 0.153. The van der Waals surface area contributed by atoms with Crippen molar-refractivity contribution in [2.45, 2.75) is 31.4 Å². The Labute approximate surface area is 235 Å². The van der Waals surface area contributed by atoms with Crippen LogP contribution in [0.25, 0.3) is 5.57 Å². The van der Waals surface area contributed by atoms with E-state index in [9.17, 15) is 14.2 Å². The number of esters is 1. The zero-order chi connectivity index (χ0) is 27.4. The summed E-state index contributed by atoms with van der Waals surface area (Å²) >= 11 is 2.85. The minimum Gasteiger partial charge on any atom is -0.448 e. The molecule has 1 aromatic heterocycles. The largest absolute Gasteiger partial charge is 0.448 e. The highest BCUT2D eigenvalue weighted by Crippen LogP contribution is 2.50. The Hall–Kier alpha value is -2.79. The summed E-state index contributed by atoms with van der Waals surface area (Å²) in [5.41, 5.74) is 4.14. The zero-order valence-corrected chi connectivity index (χ0v) is 23.9. The van der Waals surface area contributed by atoms with Crippen LogP contribution in [0.4, 0.5) is 0 Å². The number of ether oxygens (including phenoxy) is 1. The molecule has 5 rings (SSSR count). The van der Waals surface area contributed by atoms with Crippen molar-refractivity contribution in [2.75, 3.05) is 19.0 Å². The lowest BCUT2D eigenvalue weighted by Gasteiger charge is -2.50. The fraction of sp³-hybridized carbons (Fsp3) is 0.296. The molecule has 12 heteroatoms. The van der Waals surface area contributed by atoms with Gasteiger partial charge in [0.1, 0.15) is 17.1 Å². The molecule has 2 atom stereocenters. The molecule has 3 heterocycles. The van der Waals surface area contributed by atoms with Crippen LogP contribution in [-0.4, -0.2) is 52.1 Å². The first kappa shape index (κ1) is 27.8. The molecular formula is C27H28N3O6PS2. The van der Waals surface area contributed by atoms with Crippen LogP contribution in [0.3, 0.4) is 0 Å². The van der Waals surface area contributed by atoms with Crippen molar-refractivity contribution >= 4 is 48.3 Å². The number of nitrogens with one attached hydrogen (secondary N) is 1. The lowest BCUT2D eigenvalue weighted by atomic mass is 10.0. The summed E-state index contributed by atoms with van der Waals surface area (Å²) in [5, 5.41) is 2.31. The standard InChI is InChI=1S/C27H28N3O6PS2/c1-3-34-37(33,35-4-2)29-22-25(31)30-23(20(16-38-26(22)30)21-15-28-17-39-21)27(32)36-24(18-11-7-5-8-12-18)19-13-9-6-10-14-19/h5-15,17,22,24,26H,3-4,16H2,1-2H3,(H,29,33). The predicted octanol–water partition coefficient (Wildman–Crippen LogP) is 5.24. The first-order chi connectivity index (χ1) is 19.0. The molecule has 1 saturated heterocycles. The van der Waals surface area contributed by atoms with Crippen molar-refractivity contribution in [3.63, 3.8) is 0 Å². The summed E-state index contributed by atoms with van der Waals surface area (Å²) in [5.74, 6) is -0.587. The van der Waals surface area contributed by atoms with Crippen molar-refractivity contribution in [1.82, 2.24) is 15.0 Å². The van der Waals surface area contributed by atoms with E-state index in [0.29, 0.717) is 11.3 Å². The van der Waals surface area contributed by atoms with Gasteiger partial charge < -0.3 is 4.74 Å². The molecule has 0 aliphatic carbocycles. The van der Waals surface area contributed by atoms with E-state index in [1.54, 1.807) is 25.6 Å². The van der Waals surface area contributed by atoms with E-state index >= 15 is 0 Å². The maximum absolute atomic E-state index is 14.0. The molecule has 2 aliphatic heterocycles. The maximum Gasteiger partial charge on any atom is 0.406 e. The van der Waals surface area contributed by atoms with Crippen LogP contribution in [0.1, 0.15) is 36.0 Å². The number of benzene rings is 2. The fourth-order valence-corrected chi connectivity index (χ4v) is 8.24. The number of hydrogen-bond donors (Lipinski definition) is 1. The second kappa shape index (κ2) is 12.2. The molecule has 1 N–H and O–H groups in total. The van der Waals surface area contributed by atoms with Crippen molar-refractivity contribution in [1.29, 1.82) is 0 Å². The average molecular weight is 586 g/mol. The minimum atomic E-state index is -3.70. The second-order valence-corrected chi connectivity index (χ2v) is 12.4. The Morgan fingerprint density at radius 3 is 2.23 bits per heavy atom. The summed E-state index contributed by atoms with van der Waals surface area (Å²) in [6.45, 7) is 3.71. The highest BCUT2D eigenvalue weighted by molar-refractivity contribution is 8.00. The highest BCUT2D eigenvalue weighted by Gasteiger charge is 2.56.